The minimum absolute atomic E-state index is 0.180. The predicted octanol–water partition coefficient (Wildman–Crippen LogP) is -0.326. The fourth-order valence-corrected chi connectivity index (χ4v) is 4.78. The van der Waals surface area contributed by atoms with Gasteiger partial charge in [-0.3, -0.25) is 4.79 Å². The molecule has 1 aromatic rings. The van der Waals surface area contributed by atoms with Crippen LogP contribution in [0.2, 0.25) is 0 Å². The number of piperazine rings is 1. The lowest BCUT2D eigenvalue weighted by atomic mass is 10.2. The Labute approximate surface area is 154 Å². The van der Waals surface area contributed by atoms with Crippen molar-refractivity contribution in [2.75, 3.05) is 44.6 Å². The van der Waals surface area contributed by atoms with Crippen LogP contribution in [-0.4, -0.2) is 80.1 Å². The van der Waals surface area contributed by atoms with Crippen molar-refractivity contribution < 1.29 is 18.3 Å². The van der Waals surface area contributed by atoms with E-state index < -0.39 is 22.2 Å². The van der Waals surface area contributed by atoms with Gasteiger partial charge in [0.2, 0.25) is 15.9 Å². The Bertz CT molecular complexity index is 747. The lowest BCUT2D eigenvalue weighted by Gasteiger charge is -2.33. The molecule has 144 valence electrons. The van der Waals surface area contributed by atoms with E-state index in [1.165, 1.54) is 10.4 Å². The van der Waals surface area contributed by atoms with E-state index in [0.717, 1.165) is 19.6 Å². The summed E-state index contributed by atoms with van der Waals surface area (Å²) in [5.41, 5.74) is 0.437. The summed E-state index contributed by atoms with van der Waals surface area (Å²) < 4.78 is 27.2. The molecule has 0 spiro atoms. The molecule has 2 heterocycles. The summed E-state index contributed by atoms with van der Waals surface area (Å²) in [5.74, 6) is -0.271. The molecule has 0 aliphatic carbocycles. The molecule has 2 aliphatic rings. The first-order valence-corrected chi connectivity index (χ1v) is 10.4. The third-order valence-corrected chi connectivity index (χ3v) is 6.84. The van der Waals surface area contributed by atoms with Crippen molar-refractivity contribution in [1.82, 2.24) is 14.5 Å². The maximum atomic E-state index is 12.9. The highest BCUT2D eigenvalue weighted by atomic mass is 32.2. The number of benzene rings is 1. The van der Waals surface area contributed by atoms with Gasteiger partial charge in [-0.05, 0) is 31.2 Å². The first-order chi connectivity index (χ1) is 12.4. The van der Waals surface area contributed by atoms with E-state index >= 15 is 0 Å². The molecule has 0 bridgehead atoms. The Kier molecular flexibility index (Phi) is 5.93. The molecule has 3 rings (SSSR count). The van der Waals surface area contributed by atoms with Crippen molar-refractivity contribution >= 4 is 21.6 Å². The Morgan fingerprint density at radius 2 is 2.04 bits per heavy atom. The number of sulfonamides is 1. The number of hydrogen-bond acceptors (Lipinski definition) is 6. The van der Waals surface area contributed by atoms with E-state index in [1.54, 1.807) is 18.2 Å². The summed E-state index contributed by atoms with van der Waals surface area (Å²) >= 11 is 0. The summed E-state index contributed by atoms with van der Waals surface area (Å²) in [5, 5.41) is 15.2. The quantitative estimate of drug-likeness (QED) is 0.645. The summed E-state index contributed by atoms with van der Waals surface area (Å²) in [4.78, 5) is 14.6. The van der Waals surface area contributed by atoms with Gasteiger partial charge in [0.1, 0.15) is 0 Å². The van der Waals surface area contributed by atoms with E-state index in [9.17, 15) is 18.3 Å². The average Bonchev–Trinajstić information content (AvgIpc) is 3.08. The van der Waals surface area contributed by atoms with Crippen molar-refractivity contribution in [3.05, 3.63) is 24.3 Å². The van der Waals surface area contributed by atoms with E-state index in [4.69, 9.17) is 0 Å². The van der Waals surface area contributed by atoms with Crippen molar-refractivity contribution in [3.8, 4) is 0 Å². The number of aliphatic hydroxyl groups excluding tert-OH is 1. The molecular formula is C17H26N4O4S. The Morgan fingerprint density at radius 1 is 1.31 bits per heavy atom. The fourth-order valence-electron chi connectivity index (χ4n) is 3.32. The van der Waals surface area contributed by atoms with Crippen LogP contribution in [0.4, 0.5) is 5.69 Å². The first-order valence-electron chi connectivity index (χ1n) is 8.95. The van der Waals surface area contributed by atoms with Gasteiger partial charge >= 0.3 is 0 Å². The molecule has 0 saturated carbocycles. The third-order valence-electron chi connectivity index (χ3n) is 4.94. The van der Waals surface area contributed by atoms with Gasteiger partial charge in [0.05, 0.1) is 17.0 Å². The summed E-state index contributed by atoms with van der Waals surface area (Å²) in [6.45, 7) is 5.75. The highest BCUT2D eigenvalue weighted by molar-refractivity contribution is 7.89. The van der Waals surface area contributed by atoms with Gasteiger partial charge in [0, 0.05) is 38.4 Å². The van der Waals surface area contributed by atoms with Crippen LogP contribution in [0.3, 0.4) is 0 Å². The van der Waals surface area contributed by atoms with Crippen LogP contribution in [-0.2, 0) is 14.8 Å². The standard InChI is InChI=1S/C17H26N4O4S/c1-2-20-6-8-21(9-7-20)26(24,25)15-5-3-4-13(10-15)19-17(23)16-11-14(22)12-18-16/h3-5,10,14,16,18,22H,2,6-9,11-12H2,1H3,(H,19,23). The molecule has 2 atom stereocenters. The van der Waals surface area contributed by atoms with Gasteiger partial charge in [0.15, 0.2) is 0 Å². The molecule has 2 unspecified atom stereocenters. The number of hydrogen-bond donors (Lipinski definition) is 3. The SMILES string of the molecule is CCN1CCN(S(=O)(=O)c2cccc(NC(=O)C3CC(O)CN3)c2)CC1. The Balaban J connectivity index is 1.69. The Morgan fingerprint density at radius 3 is 2.65 bits per heavy atom. The number of anilines is 1. The molecule has 2 fully saturated rings. The molecular weight excluding hydrogens is 356 g/mol. The third kappa shape index (κ3) is 4.24. The van der Waals surface area contributed by atoms with Crippen LogP contribution in [0.25, 0.3) is 0 Å². The summed E-state index contributed by atoms with van der Waals surface area (Å²) in [7, 11) is -3.58. The maximum absolute atomic E-state index is 12.9. The van der Waals surface area contributed by atoms with Crippen LogP contribution >= 0.6 is 0 Å². The number of rotatable bonds is 5. The minimum atomic E-state index is -3.58. The van der Waals surface area contributed by atoms with Crippen LogP contribution in [0.5, 0.6) is 0 Å². The normalized spacial score (nSPS) is 25.3. The number of amides is 1. The molecule has 2 aliphatic heterocycles. The molecule has 1 amide bonds. The first kappa shape index (κ1) is 19.2. The zero-order valence-electron chi connectivity index (χ0n) is 14.9. The monoisotopic (exact) mass is 382 g/mol. The molecule has 2 saturated heterocycles. The number of aliphatic hydroxyl groups is 1. The van der Waals surface area contributed by atoms with E-state index in [1.807, 2.05) is 0 Å². The molecule has 0 radical (unpaired) electrons. The van der Waals surface area contributed by atoms with Crippen LogP contribution in [0.15, 0.2) is 29.2 Å². The summed E-state index contributed by atoms with van der Waals surface area (Å²) in [6, 6.07) is 5.87. The highest BCUT2D eigenvalue weighted by Crippen LogP contribution is 2.21. The van der Waals surface area contributed by atoms with Gasteiger partial charge < -0.3 is 20.6 Å². The minimum Gasteiger partial charge on any atom is -0.392 e. The summed E-state index contributed by atoms with van der Waals surface area (Å²) in [6.07, 6.45) is -0.176. The molecule has 26 heavy (non-hydrogen) atoms. The van der Waals surface area contributed by atoms with Crippen LogP contribution in [0.1, 0.15) is 13.3 Å². The number of carbonyl (C=O) groups is 1. The Hall–Kier alpha value is -1.52. The van der Waals surface area contributed by atoms with Crippen molar-refractivity contribution in [1.29, 1.82) is 0 Å². The van der Waals surface area contributed by atoms with Gasteiger partial charge in [-0.15, -0.1) is 0 Å². The van der Waals surface area contributed by atoms with Gasteiger partial charge in [-0.2, -0.15) is 4.31 Å². The number of nitrogens with one attached hydrogen (secondary N) is 2. The van der Waals surface area contributed by atoms with E-state index in [0.29, 0.717) is 31.7 Å². The van der Waals surface area contributed by atoms with Crippen molar-refractivity contribution in [3.63, 3.8) is 0 Å². The number of likely N-dealkylation sites (N-methyl/N-ethyl adjacent to an activating group) is 1. The molecule has 1 aromatic carbocycles. The van der Waals surface area contributed by atoms with Crippen molar-refractivity contribution in [2.45, 2.75) is 30.4 Å². The van der Waals surface area contributed by atoms with Gasteiger partial charge in [-0.25, -0.2) is 8.42 Å². The zero-order valence-corrected chi connectivity index (χ0v) is 15.7. The lowest BCUT2D eigenvalue weighted by Crippen LogP contribution is -2.48. The molecule has 9 heteroatoms. The second-order valence-corrected chi connectivity index (χ2v) is 8.64. The van der Waals surface area contributed by atoms with E-state index in [-0.39, 0.29) is 10.8 Å². The topological polar surface area (TPSA) is 102 Å². The predicted molar refractivity (Wildman–Crippen MR) is 98.4 cm³/mol. The largest absolute Gasteiger partial charge is 0.392 e. The maximum Gasteiger partial charge on any atom is 0.243 e. The number of nitrogens with zero attached hydrogens (tertiary/aromatic N) is 2. The second-order valence-electron chi connectivity index (χ2n) is 6.71. The van der Waals surface area contributed by atoms with Crippen molar-refractivity contribution in [2.24, 2.45) is 0 Å². The smallest absolute Gasteiger partial charge is 0.243 e. The van der Waals surface area contributed by atoms with E-state index in [2.05, 4.69) is 22.5 Å². The van der Waals surface area contributed by atoms with Gasteiger partial charge in [-0.1, -0.05) is 13.0 Å². The van der Waals surface area contributed by atoms with Crippen LogP contribution < -0.4 is 10.6 Å². The second kappa shape index (κ2) is 8.01. The zero-order chi connectivity index (χ0) is 18.7. The highest BCUT2D eigenvalue weighted by Gasteiger charge is 2.30. The van der Waals surface area contributed by atoms with Gasteiger partial charge in [0.25, 0.3) is 0 Å². The number of β-amino-alcohol motifs (C(OH)–C–C–N with tert-alkyl or cyclic N) is 1. The molecule has 3 N–H and O–H groups in total. The van der Waals surface area contributed by atoms with Crippen LogP contribution in [0, 0.1) is 0 Å². The molecule has 0 aromatic heterocycles. The lowest BCUT2D eigenvalue weighted by molar-refractivity contribution is -0.117. The average molecular weight is 382 g/mol. The number of carbonyl (C=O) groups excluding carboxylic acids is 1. The fraction of sp³-hybridized carbons (Fsp3) is 0.588. The molecule has 8 nitrogen and oxygen atoms in total.